The van der Waals surface area contributed by atoms with Gasteiger partial charge in [-0.3, -0.25) is 0 Å². The van der Waals surface area contributed by atoms with E-state index in [9.17, 15) is 5.26 Å². The lowest BCUT2D eigenvalue weighted by molar-refractivity contribution is 1.18. The number of fused-ring (bicyclic) bond motifs is 12. The Morgan fingerprint density at radius 3 is 1.69 bits per heavy atom. The zero-order valence-corrected chi connectivity index (χ0v) is 31.9. The molecule has 0 aliphatic carbocycles. The molecule has 0 atom stereocenters. The minimum atomic E-state index is 0.652. The van der Waals surface area contributed by atoms with Crippen LogP contribution in [0.4, 0.5) is 0 Å². The molecule has 3 nitrogen and oxygen atoms in total. The van der Waals surface area contributed by atoms with Crippen LogP contribution in [0.2, 0.25) is 0 Å². The van der Waals surface area contributed by atoms with Gasteiger partial charge in [-0.1, -0.05) is 146 Å². The lowest BCUT2D eigenvalue weighted by atomic mass is 9.89. The number of nitrogens with zero attached hydrogens (tertiary/aromatic N) is 3. The van der Waals surface area contributed by atoms with Gasteiger partial charge in [0.1, 0.15) is 0 Å². The third-order valence-electron chi connectivity index (χ3n) is 12.2. The Morgan fingerprint density at radius 2 is 0.932 bits per heavy atom. The fourth-order valence-electron chi connectivity index (χ4n) is 9.38. The maximum Gasteiger partial charge on any atom is 0.0991 e. The third-order valence-corrected chi connectivity index (χ3v) is 12.2. The van der Waals surface area contributed by atoms with Crippen molar-refractivity contribution in [2.75, 3.05) is 0 Å². The van der Waals surface area contributed by atoms with E-state index in [1.165, 1.54) is 48.7 Å². The van der Waals surface area contributed by atoms with Gasteiger partial charge in [0.25, 0.3) is 0 Å². The van der Waals surface area contributed by atoms with Gasteiger partial charge < -0.3 is 4.57 Å². The average molecular weight is 748 g/mol. The second-order valence-electron chi connectivity index (χ2n) is 15.4. The van der Waals surface area contributed by atoms with E-state index >= 15 is 0 Å². The maximum atomic E-state index is 9.82. The van der Waals surface area contributed by atoms with E-state index in [-0.39, 0.29) is 0 Å². The molecule has 3 heteroatoms. The second-order valence-corrected chi connectivity index (χ2v) is 15.4. The van der Waals surface area contributed by atoms with Crippen LogP contribution in [0.3, 0.4) is 0 Å². The summed E-state index contributed by atoms with van der Waals surface area (Å²) in [4.78, 5) is 5.58. The molecule has 0 fully saturated rings. The topological polar surface area (TPSA) is 41.6 Å². The summed E-state index contributed by atoms with van der Waals surface area (Å²) in [7, 11) is 0. The van der Waals surface area contributed by atoms with Crippen LogP contribution in [0.15, 0.2) is 200 Å². The summed E-state index contributed by atoms with van der Waals surface area (Å²) in [5, 5.41) is 22.9. The molecule has 10 aromatic carbocycles. The zero-order chi connectivity index (χ0) is 39.0. The predicted octanol–water partition coefficient (Wildman–Crippen LogP) is 14.8. The summed E-state index contributed by atoms with van der Waals surface area (Å²) in [5.74, 6) is 0. The van der Waals surface area contributed by atoms with E-state index in [4.69, 9.17) is 4.98 Å². The van der Waals surface area contributed by atoms with Crippen LogP contribution in [0.1, 0.15) is 5.56 Å². The van der Waals surface area contributed by atoms with Crippen LogP contribution in [-0.2, 0) is 0 Å². The molecule has 12 aromatic rings. The Morgan fingerprint density at radius 1 is 0.373 bits per heavy atom. The van der Waals surface area contributed by atoms with Crippen molar-refractivity contribution in [2.45, 2.75) is 0 Å². The molecule has 0 saturated heterocycles. The van der Waals surface area contributed by atoms with E-state index in [1.54, 1.807) is 0 Å². The van der Waals surface area contributed by atoms with Crippen molar-refractivity contribution in [3.05, 3.63) is 206 Å². The van der Waals surface area contributed by atoms with Gasteiger partial charge in [0, 0.05) is 38.2 Å². The number of hydrogen-bond donors (Lipinski definition) is 0. The maximum absolute atomic E-state index is 9.82. The van der Waals surface area contributed by atoms with Crippen molar-refractivity contribution in [1.82, 2.24) is 9.55 Å². The number of pyridine rings is 1. The molecule has 0 radical (unpaired) electrons. The number of rotatable bonds is 4. The van der Waals surface area contributed by atoms with Gasteiger partial charge in [-0.15, -0.1) is 0 Å². The Balaban J connectivity index is 1.06. The van der Waals surface area contributed by atoms with Crippen LogP contribution in [0.5, 0.6) is 0 Å². The molecule has 0 unspecified atom stereocenters. The predicted molar refractivity (Wildman–Crippen MR) is 247 cm³/mol. The van der Waals surface area contributed by atoms with Crippen molar-refractivity contribution in [1.29, 1.82) is 5.26 Å². The number of nitriles is 1. The number of para-hydroxylation sites is 1. The van der Waals surface area contributed by atoms with Gasteiger partial charge in [-0.2, -0.15) is 5.26 Å². The summed E-state index contributed by atoms with van der Waals surface area (Å²) in [6.45, 7) is 0. The molecule has 0 bridgehead atoms. The third kappa shape index (κ3) is 5.17. The Bertz CT molecular complexity index is 3720. The van der Waals surface area contributed by atoms with Crippen LogP contribution >= 0.6 is 0 Å². The molecule has 0 saturated carbocycles. The number of hydrogen-bond acceptors (Lipinski definition) is 2. The molecule has 0 spiro atoms. The lowest BCUT2D eigenvalue weighted by Crippen LogP contribution is -1.94. The largest absolute Gasteiger partial charge is 0.309 e. The van der Waals surface area contributed by atoms with Gasteiger partial charge >= 0.3 is 0 Å². The fraction of sp³-hybridized carbons (Fsp3) is 0. The average Bonchev–Trinajstić information content (AvgIpc) is 3.64. The Hall–Kier alpha value is -8.06. The van der Waals surface area contributed by atoms with E-state index in [0.29, 0.717) is 5.56 Å². The van der Waals surface area contributed by atoms with Crippen LogP contribution in [-0.4, -0.2) is 9.55 Å². The molecule has 2 heterocycles. The normalized spacial score (nSPS) is 11.7. The van der Waals surface area contributed by atoms with Crippen LogP contribution < -0.4 is 0 Å². The van der Waals surface area contributed by atoms with Crippen LogP contribution in [0.25, 0.3) is 115 Å². The Kier molecular flexibility index (Phi) is 7.29. The lowest BCUT2D eigenvalue weighted by Gasteiger charge is -2.17. The molecule has 0 N–H and O–H groups in total. The van der Waals surface area contributed by atoms with Crippen molar-refractivity contribution >= 4 is 75.8 Å². The first kappa shape index (κ1) is 33.1. The monoisotopic (exact) mass is 747 g/mol. The van der Waals surface area contributed by atoms with Gasteiger partial charge in [0.05, 0.1) is 33.9 Å². The van der Waals surface area contributed by atoms with Crippen molar-refractivity contribution in [3.63, 3.8) is 0 Å². The summed E-state index contributed by atoms with van der Waals surface area (Å²) in [6, 6.07) is 73.9. The van der Waals surface area contributed by atoms with Crippen molar-refractivity contribution < 1.29 is 0 Å². The molecular formula is C56H33N3. The highest BCUT2D eigenvalue weighted by Crippen LogP contribution is 2.44. The van der Waals surface area contributed by atoms with Gasteiger partial charge in [-0.05, 0) is 109 Å². The smallest absolute Gasteiger partial charge is 0.0991 e. The molecule has 0 amide bonds. The van der Waals surface area contributed by atoms with Gasteiger partial charge in [-0.25, -0.2) is 4.98 Å². The Labute approximate surface area is 340 Å². The minimum Gasteiger partial charge on any atom is -0.309 e. The van der Waals surface area contributed by atoms with Crippen molar-refractivity contribution in [2.24, 2.45) is 0 Å². The molecular weight excluding hydrogens is 715 g/mol. The summed E-state index contributed by atoms with van der Waals surface area (Å²) >= 11 is 0. The molecule has 272 valence electrons. The van der Waals surface area contributed by atoms with E-state index in [0.717, 1.165) is 66.3 Å². The van der Waals surface area contributed by atoms with Crippen LogP contribution in [0, 0.1) is 11.3 Å². The SMILES string of the molecule is N#Cc1ccc2c(c1)c1cc(-c3ccc(-c4nc5cc(-c6ccc7ccccc7c6)ccc5c5c6ccccc6c6ccccc6c45)cc3)ccc1n2-c1ccccc1. The molecule has 59 heavy (non-hydrogen) atoms. The fourth-order valence-corrected chi connectivity index (χ4v) is 9.38. The number of aromatic nitrogens is 2. The molecule has 2 aromatic heterocycles. The summed E-state index contributed by atoms with van der Waals surface area (Å²) in [5.41, 5.74) is 11.5. The molecule has 0 aliphatic heterocycles. The second kappa shape index (κ2) is 13.0. The highest BCUT2D eigenvalue weighted by molar-refractivity contribution is 6.33. The van der Waals surface area contributed by atoms with Crippen molar-refractivity contribution in [3.8, 4) is 45.3 Å². The first-order valence-electron chi connectivity index (χ1n) is 20.0. The highest BCUT2D eigenvalue weighted by atomic mass is 15.0. The highest BCUT2D eigenvalue weighted by Gasteiger charge is 2.19. The molecule has 12 rings (SSSR count). The molecule has 0 aliphatic rings. The van der Waals surface area contributed by atoms with E-state index < -0.39 is 0 Å². The quantitative estimate of drug-likeness (QED) is 0.168. The minimum absolute atomic E-state index is 0.652. The van der Waals surface area contributed by atoms with Gasteiger partial charge in [0.15, 0.2) is 0 Å². The standard InChI is InChI=1S/C56H33N3/c57-34-35-18-28-52-49(30-35)50-32-41(26-29-53(50)59(52)43-12-2-1-3-13-43)37-19-22-38(23-20-37)56-55-47-17-9-7-15-45(47)44-14-6-8-16-46(44)54(55)48-27-25-42(33-51(48)58-56)40-24-21-36-10-4-5-11-39(36)31-40/h1-33H. The number of benzene rings is 10. The first-order valence-corrected chi connectivity index (χ1v) is 20.0. The zero-order valence-electron chi connectivity index (χ0n) is 31.9. The first-order chi connectivity index (χ1) is 29.2. The summed E-state index contributed by atoms with van der Waals surface area (Å²) < 4.78 is 2.29. The van der Waals surface area contributed by atoms with E-state index in [2.05, 4.69) is 193 Å². The van der Waals surface area contributed by atoms with E-state index in [1.807, 2.05) is 18.2 Å². The summed E-state index contributed by atoms with van der Waals surface area (Å²) in [6.07, 6.45) is 0. The van der Waals surface area contributed by atoms with Gasteiger partial charge in [0.2, 0.25) is 0 Å².